The summed E-state index contributed by atoms with van der Waals surface area (Å²) < 4.78 is 19.2. The van der Waals surface area contributed by atoms with E-state index in [1.165, 1.54) is 30.5 Å². The van der Waals surface area contributed by atoms with Crippen molar-refractivity contribution in [1.82, 2.24) is 0 Å². The van der Waals surface area contributed by atoms with Crippen LogP contribution in [0.1, 0.15) is 41.4 Å². The molecule has 1 N–H and O–H groups in total. The Morgan fingerprint density at radius 3 is 2.60 bits per heavy atom. The van der Waals surface area contributed by atoms with Crippen molar-refractivity contribution in [2.75, 3.05) is 10.2 Å². The van der Waals surface area contributed by atoms with E-state index in [1.54, 1.807) is 17.0 Å². The SMILES string of the molecule is O=C1CCCC2=C1C(c1ccco1)N(C(=O)c1ccc(F)cc1)c1ccccc1N2. The molecule has 1 aliphatic carbocycles. The number of amides is 1. The lowest BCUT2D eigenvalue weighted by atomic mass is 9.88. The van der Waals surface area contributed by atoms with Crippen LogP contribution in [-0.4, -0.2) is 11.7 Å². The lowest BCUT2D eigenvalue weighted by Crippen LogP contribution is -2.37. The number of nitrogens with one attached hydrogen (secondary N) is 1. The Kier molecular flexibility index (Phi) is 4.47. The molecule has 1 unspecified atom stereocenters. The average Bonchev–Trinajstić information content (AvgIpc) is 3.23. The Bertz CT molecular complexity index is 1150. The number of ketones is 1. The first-order valence-electron chi connectivity index (χ1n) is 9.88. The van der Waals surface area contributed by atoms with Gasteiger partial charge in [-0.25, -0.2) is 4.39 Å². The highest BCUT2D eigenvalue weighted by Crippen LogP contribution is 2.45. The van der Waals surface area contributed by atoms with E-state index < -0.39 is 11.9 Å². The van der Waals surface area contributed by atoms with E-state index in [0.29, 0.717) is 35.4 Å². The van der Waals surface area contributed by atoms with Gasteiger partial charge in [0.2, 0.25) is 0 Å². The van der Waals surface area contributed by atoms with Crippen molar-refractivity contribution in [2.24, 2.45) is 0 Å². The normalized spacial score (nSPS) is 18.4. The van der Waals surface area contributed by atoms with E-state index in [1.807, 2.05) is 24.3 Å². The van der Waals surface area contributed by atoms with Crippen LogP contribution in [0.2, 0.25) is 0 Å². The molecule has 1 aliphatic heterocycles. The number of benzene rings is 2. The van der Waals surface area contributed by atoms with Gasteiger partial charge >= 0.3 is 0 Å². The Morgan fingerprint density at radius 1 is 1.03 bits per heavy atom. The zero-order valence-electron chi connectivity index (χ0n) is 16.1. The molecule has 1 atom stereocenters. The van der Waals surface area contributed by atoms with Crippen LogP contribution in [0.15, 0.2) is 82.6 Å². The largest absolute Gasteiger partial charge is 0.467 e. The maximum atomic E-state index is 13.7. The Labute approximate surface area is 172 Å². The van der Waals surface area contributed by atoms with Crippen molar-refractivity contribution in [3.05, 3.63) is 95.3 Å². The molecule has 0 saturated carbocycles. The third-order valence-electron chi connectivity index (χ3n) is 5.56. The van der Waals surface area contributed by atoms with Gasteiger partial charge in [0.1, 0.15) is 17.6 Å². The minimum absolute atomic E-state index is 0.00476. The number of fused-ring (bicyclic) bond motifs is 1. The highest BCUT2D eigenvalue weighted by atomic mass is 19.1. The maximum Gasteiger partial charge on any atom is 0.259 e. The molecular formula is C24H19FN2O3. The zero-order chi connectivity index (χ0) is 20.7. The number of rotatable bonds is 2. The Balaban J connectivity index is 1.76. The van der Waals surface area contributed by atoms with Gasteiger partial charge in [-0.2, -0.15) is 0 Å². The second kappa shape index (κ2) is 7.30. The van der Waals surface area contributed by atoms with Crippen LogP contribution in [0.5, 0.6) is 0 Å². The number of Topliss-reactive ketones (excluding diaryl/α,β-unsaturated/α-hetero) is 1. The van der Waals surface area contributed by atoms with Crippen LogP contribution in [-0.2, 0) is 4.79 Å². The van der Waals surface area contributed by atoms with Crippen molar-refractivity contribution in [1.29, 1.82) is 0 Å². The highest BCUT2D eigenvalue weighted by molar-refractivity contribution is 6.11. The summed E-state index contributed by atoms with van der Waals surface area (Å²) in [7, 11) is 0. The van der Waals surface area contributed by atoms with Crippen LogP contribution < -0.4 is 10.2 Å². The van der Waals surface area contributed by atoms with E-state index in [-0.39, 0.29) is 11.7 Å². The number of hydrogen-bond acceptors (Lipinski definition) is 4. The van der Waals surface area contributed by atoms with Crippen LogP contribution in [0.25, 0.3) is 0 Å². The number of carbonyl (C=O) groups excluding carboxylic acids is 2. The molecule has 5 nitrogen and oxygen atoms in total. The number of halogens is 1. The van der Waals surface area contributed by atoms with Gasteiger partial charge < -0.3 is 9.73 Å². The molecule has 6 heteroatoms. The van der Waals surface area contributed by atoms with Crippen molar-refractivity contribution in [3.8, 4) is 0 Å². The van der Waals surface area contributed by atoms with Crippen molar-refractivity contribution < 1.29 is 18.4 Å². The smallest absolute Gasteiger partial charge is 0.259 e. The molecule has 1 aromatic heterocycles. The van der Waals surface area contributed by atoms with Gasteiger partial charge in [0.25, 0.3) is 5.91 Å². The molecule has 2 heterocycles. The monoisotopic (exact) mass is 402 g/mol. The lowest BCUT2D eigenvalue weighted by Gasteiger charge is -2.32. The molecule has 30 heavy (non-hydrogen) atoms. The fourth-order valence-electron chi connectivity index (χ4n) is 4.21. The molecule has 0 spiro atoms. The fourth-order valence-corrected chi connectivity index (χ4v) is 4.21. The van der Waals surface area contributed by atoms with Gasteiger partial charge in [0.15, 0.2) is 5.78 Å². The summed E-state index contributed by atoms with van der Waals surface area (Å²) in [5, 5.41) is 3.39. The predicted molar refractivity (Wildman–Crippen MR) is 111 cm³/mol. The summed E-state index contributed by atoms with van der Waals surface area (Å²) in [5.41, 5.74) is 3.06. The Hall–Kier alpha value is -3.67. The second-order valence-corrected chi connectivity index (χ2v) is 7.41. The number of anilines is 2. The van der Waals surface area contributed by atoms with E-state index in [9.17, 15) is 14.0 Å². The number of nitrogens with zero attached hydrogens (tertiary/aromatic N) is 1. The summed E-state index contributed by atoms with van der Waals surface area (Å²) >= 11 is 0. The molecule has 2 aliphatic rings. The topological polar surface area (TPSA) is 62.6 Å². The molecule has 1 amide bonds. The number of para-hydroxylation sites is 2. The number of furan rings is 1. The van der Waals surface area contributed by atoms with Crippen LogP contribution in [0.3, 0.4) is 0 Å². The summed E-state index contributed by atoms with van der Waals surface area (Å²) in [4.78, 5) is 28.4. The van der Waals surface area contributed by atoms with Crippen LogP contribution in [0.4, 0.5) is 15.8 Å². The second-order valence-electron chi connectivity index (χ2n) is 7.41. The van der Waals surface area contributed by atoms with E-state index in [4.69, 9.17) is 4.42 Å². The summed E-state index contributed by atoms with van der Waals surface area (Å²) in [6.07, 6.45) is 3.43. The summed E-state index contributed by atoms with van der Waals surface area (Å²) in [5.74, 6) is -0.251. The van der Waals surface area contributed by atoms with Crippen LogP contribution >= 0.6 is 0 Å². The number of carbonyl (C=O) groups is 2. The van der Waals surface area contributed by atoms with Gasteiger partial charge in [-0.3, -0.25) is 14.5 Å². The fraction of sp³-hybridized carbons (Fsp3) is 0.167. The van der Waals surface area contributed by atoms with Crippen molar-refractivity contribution in [2.45, 2.75) is 25.3 Å². The van der Waals surface area contributed by atoms with Crippen LogP contribution in [0, 0.1) is 5.82 Å². The average molecular weight is 402 g/mol. The van der Waals surface area contributed by atoms with E-state index in [2.05, 4.69) is 5.32 Å². The van der Waals surface area contributed by atoms with Gasteiger partial charge in [-0.05, 0) is 61.4 Å². The van der Waals surface area contributed by atoms with Gasteiger partial charge in [-0.15, -0.1) is 0 Å². The molecule has 0 saturated heterocycles. The zero-order valence-corrected chi connectivity index (χ0v) is 16.1. The third-order valence-corrected chi connectivity index (χ3v) is 5.56. The molecule has 0 radical (unpaired) electrons. The van der Waals surface area contributed by atoms with Gasteiger partial charge in [-0.1, -0.05) is 12.1 Å². The predicted octanol–water partition coefficient (Wildman–Crippen LogP) is 5.24. The summed E-state index contributed by atoms with van der Waals surface area (Å²) in [6, 6.07) is 15.7. The molecule has 2 aromatic carbocycles. The molecule has 5 rings (SSSR count). The molecule has 150 valence electrons. The minimum atomic E-state index is -0.712. The van der Waals surface area contributed by atoms with E-state index in [0.717, 1.165) is 17.8 Å². The van der Waals surface area contributed by atoms with Crippen molar-refractivity contribution in [3.63, 3.8) is 0 Å². The molecular weight excluding hydrogens is 383 g/mol. The highest BCUT2D eigenvalue weighted by Gasteiger charge is 2.41. The first-order valence-corrected chi connectivity index (χ1v) is 9.88. The van der Waals surface area contributed by atoms with E-state index >= 15 is 0 Å². The number of hydrogen-bond donors (Lipinski definition) is 1. The minimum Gasteiger partial charge on any atom is -0.467 e. The van der Waals surface area contributed by atoms with Gasteiger partial charge in [0, 0.05) is 23.3 Å². The first kappa shape index (κ1) is 18.4. The van der Waals surface area contributed by atoms with Crippen molar-refractivity contribution >= 4 is 23.1 Å². The maximum absolute atomic E-state index is 13.7. The standard InChI is InChI=1S/C24H19FN2O3/c25-16-12-10-15(11-13-16)24(29)27-19-7-2-1-5-17(19)26-18-6-3-8-20(28)22(18)23(27)21-9-4-14-30-21/h1-2,4-5,7,9-14,23,26H,3,6,8H2. The number of allylic oxidation sites excluding steroid dienone is 1. The quantitative estimate of drug-likeness (QED) is 0.637. The summed E-state index contributed by atoms with van der Waals surface area (Å²) in [6.45, 7) is 0. The van der Waals surface area contributed by atoms with Gasteiger partial charge in [0.05, 0.1) is 17.6 Å². The molecule has 3 aromatic rings. The Morgan fingerprint density at radius 2 is 1.83 bits per heavy atom. The molecule has 0 fully saturated rings. The first-order chi connectivity index (χ1) is 14.6. The third kappa shape index (κ3) is 3.01. The lowest BCUT2D eigenvalue weighted by molar-refractivity contribution is -0.116. The molecule has 0 bridgehead atoms.